The van der Waals surface area contributed by atoms with Crippen molar-refractivity contribution >= 4 is 23.0 Å². The van der Waals surface area contributed by atoms with E-state index in [1.165, 1.54) is 23.3 Å². The summed E-state index contributed by atoms with van der Waals surface area (Å²) in [4.78, 5) is 26.2. The van der Waals surface area contributed by atoms with Crippen molar-refractivity contribution in [2.24, 2.45) is 5.92 Å². The van der Waals surface area contributed by atoms with Crippen molar-refractivity contribution in [1.29, 1.82) is 0 Å². The molecule has 1 N–H and O–H groups in total. The number of rotatable bonds is 7. The van der Waals surface area contributed by atoms with Crippen LogP contribution in [0.25, 0.3) is 0 Å². The molecule has 4 rings (SSSR count). The topological polar surface area (TPSA) is 75.5 Å². The molecule has 3 aromatic rings. The third kappa shape index (κ3) is 5.58. The van der Waals surface area contributed by atoms with Crippen molar-refractivity contribution in [2.75, 3.05) is 23.3 Å². The molecule has 0 spiro atoms. The van der Waals surface area contributed by atoms with Gasteiger partial charge in [-0.3, -0.25) is 14.9 Å². The van der Waals surface area contributed by atoms with Crippen LogP contribution in [0.3, 0.4) is 0 Å². The summed E-state index contributed by atoms with van der Waals surface area (Å²) in [6.07, 6.45) is 4.01. The third-order valence-corrected chi connectivity index (χ3v) is 6.38. The number of carbonyl (C=O) groups excluding carboxylic acids is 1. The molecule has 0 aliphatic carbocycles. The van der Waals surface area contributed by atoms with Gasteiger partial charge in [-0.1, -0.05) is 49.4 Å². The predicted molar refractivity (Wildman–Crippen MR) is 132 cm³/mol. The second-order valence-corrected chi connectivity index (χ2v) is 8.58. The van der Waals surface area contributed by atoms with Crippen LogP contribution in [0.15, 0.2) is 72.8 Å². The lowest BCUT2D eigenvalue weighted by atomic mass is 9.89. The largest absolute Gasteiger partial charge is 0.371 e. The number of non-ortho nitro benzene ring substituents is 1. The molecule has 0 unspecified atom stereocenters. The zero-order valence-corrected chi connectivity index (χ0v) is 18.9. The van der Waals surface area contributed by atoms with E-state index in [0.29, 0.717) is 17.2 Å². The molecule has 0 saturated carbocycles. The van der Waals surface area contributed by atoms with E-state index in [2.05, 4.69) is 41.4 Å². The van der Waals surface area contributed by atoms with E-state index >= 15 is 0 Å². The Morgan fingerprint density at radius 1 is 1.00 bits per heavy atom. The number of amides is 1. The van der Waals surface area contributed by atoms with E-state index in [1.807, 2.05) is 30.3 Å². The molecule has 3 aromatic carbocycles. The first-order chi connectivity index (χ1) is 16.0. The molecule has 0 bridgehead atoms. The monoisotopic (exact) mass is 443 g/mol. The molecule has 1 saturated heterocycles. The molecule has 6 nitrogen and oxygen atoms in total. The fourth-order valence-corrected chi connectivity index (χ4v) is 4.44. The quantitative estimate of drug-likeness (QED) is 0.366. The Morgan fingerprint density at radius 3 is 2.33 bits per heavy atom. The molecular formula is C27H29N3O3. The van der Waals surface area contributed by atoms with Gasteiger partial charge in [0, 0.05) is 30.9 Å². The Balaban J connectivity index is 1.50. The van der Waals surface area contributed by atoms with Gasteiger partial charge in [0.05, 0.1) is 16.2 Å². The fourth-order valence-electron chi connectivity index (χ4n) is 4.44. The first-order valence-electron chi connectivity index (χ1n) is 11.5. The van der Waals surface area contributed by atoms with Crippen molar-refractivity contribution in [3.8, 4) is 0 Å². The van der Waals surface area contributed by atoms with Crippen molar-refractivity contribution in [3.05, 3.63) is 99.6 Å². The van der Waals surface area contributed by atoms with E-state index in [1.54, 1.807) is 6.07 Å². The van der Waals surface area contributed by atoms with Crippen LogP contribution in [-0.2, 0) is 12.8 Å². The molecule has 6 heteroatoms. The Morgan fingerprint density at radius 2 is 1.70 bits per heavy atom. The Bertz CT molecular complexity index is 1110. The summed E-state index contributed by atoms with van der Waals surface area (Å²) >= 11 is 0. The standard InChI is InChI=1S/C27H29N3O3/c1-2-20-8-10-23(11-9-20)28-27(31)25-19-24(30(32)33)12-13-26(25)29-16-14-22(15-17-29)18-21-6-4-3-5-7-21/h3-13,19,22H,2,14-18H2,1H3,(H,28,31). The Kier molecular flexibility index (Phi) is 7.03. The molecule has 1 aliphatic rings. The number of nitro groups is 1. The van der Waals surface area contributed by atoms with Crippen LogP contribution in [-0.4, -0.2) is 23.9 Å². The van der Waals surface area contributed by atoms with Gasteiger partial charge in [-0.2, -0.15) is 0 Å². The minimum Gasteiger partial charge on any atom is -0.371 e. The number of nitrogens with one attached hydrogen (secondary N) is 1. The van der Waals surface area contributed by atoms with Gasteiger partial charge in [-0.25, -0.2) is 0 Å². The average molecular weight is 444 g/mol. The van der Waals surface area contributed by atoms with Crippen LogP contribution in [0, 0.1) is 16.0 Å². The summed E-state index contributed by atoms with van der Waals surface area (Å²) in [6, 6.07) is 22.8. The zero-order chi connectivity index (χ0) is 23.2. The van der Waals surface area contributed by atoms with Gasteiger partial charge in [-0.05, 0) is 60.9 Å². The second kappa shape index (κ2) is 10.3. The lowest BCUT2D eigenvalue weighted by Gasteiger charge is -2.34. The number of hydrogen-bond donors (Lipinski definition) is 1. The van der Waals surface area contributed by atoms with Crippen LogP contribution in [0.2, 0.25) is 0 Å². The molecular weight excluding hydrogens is 414 g/mol. The van der Waals surface area contributed by atoms with Gasteiger partial charge in [-0.15, -0.1) is 0 Å². The van der Waals surface area contributed by atoms with Gasteiger partial charge in [0.1, 0.15) is 0 Å². The zero-order valence-electron chi connectivity index (χ0n) is 18.9. The van der Waals surface area contributed by atoms with E-state index in [-0.39, 0.29) is 11.6 Å². The highest BCUT2D eigenvalue weighted by molar-refractivity contribution is 6.08. The number of benzene rings is 3. The predicted octanol–water partition coefficient (Wildman–Crippen LogP) is 5.87. The van der Waals surface area contributed by atoms with Crippen molar-refractivity contribution in [3.63, 3.8) is 0 Å². The van der Waals surface area contributed by atoms with Crippen LogP contribution in [0.4, 0.5) is 17.1 Å². The molecule has 1 fully saturated rings. The van der Waals surface area contributed by atoms with E-state index in [9.17, 15) is 14.9 Å². The average Bonchev–Trinajstić information content (AvgIpc) is 2.85. The Hall–Kier alpha value is -3.67. The van der Waals surface area contributed by atoms with Crippen LogP contribution in [0.5, 0.6) is 0 Å². The van der Waals surface area contributed by atoms with Crippen LogP contribution < -0.4 is 10.2 Å². The number of anilines is 2. The molecule has 0 aromatic heterocycles. The maximum absolute atomic E-state index is 13.2. The summed E-state index contributed by atoms with van der Waals surface area (Å²) < 4.78 is 0. The number of carbonyl (C=O) groups is 1. The van der Waals surface area contributed by atoms with Crippen molar-refractivity contribution < 1.29 is 9.72 Å². The van der Waals surface area contributed by atoms with Gasteiger partial charge < -0.3 is 10.2 Å². The summed E-state index contributed by atoms with van der Waals surface area (Å²) in [5, 5.41) is 14.3. The third-order valence-electron chi connectivity index (χ3n) is 6.38. The molecule has 170 valence electrons. The Labute approximate surface area is 194 Å². The fraction of sp³-hybridized carbons (Fsp3) is 0.296. The van der Waals surface area contributed by atoms with Gasteiger partial charge >= 0.3 is 0 Å². The minimum absolute atomic E-state index is 0.0794. The number of nitrogens with zero attached hydrogens (tertiary/aromatic N) is 2. The number of hydrogen-bond acceptors (Lipinski definition) is 4. The highest BCUT2D eigenvalue weighted by Gasteiger charge is 2.25. The summed E-state index contributed by atoms with van der Waals surface area (Å²) in [5.41, 5.74) is 4.22. The maximum Gasteiger partial charge on any atom is 0.270 e. The summed E-state index contributed by atoms with van der Waals surface area (Å²) in [7, 11) is 0. The van der Waals surface area contributed by atoms with E-state index < -0.39 is 4.92 Å². The van der Waals surface area contributed by atoms with E-state index in [4.69, 9.17) is 0 Å². The van der Waals surface area contributed by atoms with Gasteiger partial charge in [0.15, 0.2) is 0 Å². The van der Waals surface area contributed by atoms with Crippen LogP contribution in [0.1, 0.15) is 41.3 Å². The molecule has 1 aliphatic heterocycles. The van der Waals surface area contributed by atoms with Gasteiger partial charge in [0.2, 0.25) is 0 Å². The van der Waals surface area contributed by atoms with E-state index in [0.717, 1.165) is 44.5 Å². The molecule has 33 heavy (non-hydrogen) atoms. The highest BCUT2D eigenvalue weighted by atomic mass is 16.6. The van der Waals surface area contributed by atoms with Crippen molar-refractivity contribution in [1.82, 2.24) is 0 Å². The molecule has 0 radical (unpaired) electrons. The van der Waals surface area contributed by atoms with Crippen molar-refractivity contribution in [2.45, 2.75) is 32.6 Å². The normalized spacial score (nSPS) is 14.2. The number of piperidine rings is 1. The lowest BCUT2D eigenvalue weighted by molar-refractivity contribution is -0.384. The maximum atomic E-state index is 13.2. The highest BCUT2D eigenvalue weighted by Crippen LogP contribution is 2.31. The lowest BCUT2D eigenvalue weighted by Crippen LogP contribution is -2.35. The minimum atomic E-state index is -0.456. The summed E-state index contributed by atoms with van der Waals surface area (Å²) in [5.74, 6) is 0.264. The molecule has 0 atom stereocenters. The molecule has 1 heterocycles. The molecule has 1 amide bonds. The number of nitro benzene ring substituents is 1. The van der Waals surface area contributed by atoms with Crippen LogP contribution >= 0.6 is 0 Å². The summed E-state index contributed by atoms with van der Waals surface area (Å²) in [6.45, 7) is 3.72. The number of aryl methyl sites for hydroxylation is 1. The smallest absolute Gasteiger partial charge is 0.270 e. The van der Waals surface area contributed by atoms with Gasteiger partial charge in [0.25, 0.3) is 11.6 Å². The first kappa shape index (κ1) is 22.5. The SMILES string of the molecule is CCc1ccc(NC(=O)c2cc([N+](=O)[O-])ccc2N2CCC(Cc3ccccc3)CC2)cc1. The first-order valence-corrected chi connectivity index (χ1v) is 11.5. The second-order valence-electron chi connectivity index (χ2n) is 8.58.